The zero-order chi connectivity index (χ0) is 33.9. The van der Waals surface area contributed by atoms with Gasteiger partial charge in [0.15, 0.2) is 18.9 Å². The largest absolute Gasteiger partial charge is 0.387 e. The van der Waals surface area contributed by atoms with Gasteiger partial charge in [0.1, 0.15) is 54.3 Å². The highest BCUT2D eigenvalue weighted by molar-refractivity contribution is 7.99. The Balaban J connectivity index is 1.06. The normalized spacial score (nSPS) is 35.5. The second-order valence-corrected chi connectivity index (χ2v) is 13.9. The molecule has 0 radical (unpaired) electrons. The van der Waals surface area contributed by atoms with Crippen LogP contribution in [-0.2, 0) is 44.5 Å². The Kier molecular flexibility index (Phi) is 10.6. The number of benzene rings is 4. The number of rotatable bonds is 9. The van der Waals surface area contributed by atoms with Crippen LogP contribution >= 0.6 is 11.8 Å². The highest BCUT2D eigenvalue weighted by atomic mass is 32.2. The van der Waals surface area contributed by atoms with E-state index in [1.54, 1.807) is 0 Å². The lowest BCUT2D eigenvalue weighted by atomic mass is 9.95. The molecule has 8 rings (SSSR count). The van der Waals surface area contributed by atoms with Gasteiger partial charge in [-0.15, -0.1) is 0 Å². The average molecular weight is 701 g/mol. The van der Waals surface area contributed by atoms with Crippen molar-refractivity contribution < 1.29 is 48.1 Å². The summed E-state index contributed by atoms with van der Waals surface area (Å²) in [6, 6.07) is 38.7. The van der Waals surface area contributed by atoms with E-state index in [9.17, 15) is 10.2 Å². The molecule has 4 aliphatic heterocycles. The van der Waals surface area contributed by atoms with E-state index in [2.05, 4.69) is 0 Å². The molecule has 12 atom stereocenters. The van der Waals surface area contributed by atoms with Crippen molar-refractivity contribution in [1.82, 2.24) is 0 Å². The summed E-state index contributed by atoms with van der Waals surface area (Å²) in [5.41, 5.74) is 1.91. The van der Waals surface area contributed by atoms with Gasteiger partial charge in [-0.05, 0) is 17.7 Å². The molecule has 10 nitrogen and oxygen atoms in total. The van der Waals surface area contributed by atoms with Crippen LogP contribution in [0, 0.1) is 0 Å². The van der Waals surface area contributed by atoms with Gasteiger partial charge in [-0.25, -0.2) is 0 Å². The first kappa shape index (κ1) is 33.9. The van der Waals surface area contributed by atoms with Gasteiger partial charge in [0.05, 0.1) is 19.8 Å². The third kappa shape index (κ3) is 7.41. The summed E-state index contributed by atoms with van der Waals surface area (Å²) in [5, 5.41) is 23.9. The maximum absolute atomic E-state index is 12.0. The zero-order valence-electron chi connectivity index (χ0n) is 27.2. The first-order chi connectivity index (χ1) is 24.6. The zero-order valence-corrected chi connectivity index (χ0v) is 28.0. The van der Waals surface area contributed by atoms with Crippen LogP contribution in [0.1, 0.15) is 29.3 Å². The molecule has 0 amide bonds. The lowest BCUT2D eigenvalue weighted by molar-refractivity contribution is -0.392. The minimum Gasteiger partial charge on any atom is -0.387 e. The number of thioether (sulfide) groups is 1. The van der Waals surface area contributed by atoms with Crippen LogP contribution in [0.5, 0.6) is 0 Å². The number of aliphatic hydroxyl groups excluding tert-OH is 2. The molecule has 4 aromatic carbocycles. The summed E-state index contributed by atoms with van der Waals surface area (Å²) < 4.78 is 51.0. The number of fused-ring (bicyclic) bond motifs is 2. The average Bonchev–Trinajstić information content (AvgIpc) is 3.17. The van der Waals surface area contributed by atoms with Crippen LogP contribution < -0.4 is 0 Å². The molecule has 4 aromatic rings. The van der Waals surface area contributed by atoms with Crippen molar-refractivity contribution in [1.29, 1.82) is 0 Å². The minimum absolute atomic E-state index is 0.178. The van der Waals surface area contributed by atoms with Crippen LogP contribution in [0.25, 0.3) is 0 Å². The highest BCUT2D eigenvalue weighted by Crippen LogP contribution is 2.42. The molecule has 50 heavy (non-hydrogen) atoms. The van der Waals surface area contributed by atoms with Gasteiger partial charge in [-0.3, -0.25) is 0 Å². The predicted molar refractivity (Wildman–Crippen MR) is 182 cm³/mol. The van der Waals surface area contributed by atoms with Crippen LogP contribution in [0.15, 0.2) is 126 Å². The van der Waals surface area contributed by atoms with Gasteiger partial charge in [-0.2, -0.15) is 0 Å². The second kappa shape index (κ2) is 15.6. The molecule has 2 N–H and O–H groups in total. The summed E-state index contributed by atoms with van der Waals surface area (Å²) in [6.07, 6.45) is -9.40. The molecule has 4 aliphatic rings. The molecular weight excluding hydrogens is 660 g/mol. The van der Waals surface area contributed by atoms with Crippen molar-refractivity contribution >= 4 is 11.8 Å². The first-order valence-corrected chi connectivity index (χ1v) is 17.8. The smallest absolute Gasteiger partial charge is 0.187 e. The van der Waals surface area contributed by atoms with Crippen molar-refractivity contribution in [2.24, 2.45) is 0 Å². The molecule has 4 fully saturated rings. The van der Waals surface area contributed by atoms with Gasteiger partial charge in [0.25, 0.3) is 0 Å². The van der Waals surface area contributed by atoms with E-state index in [4.69, 9.17) is 37.9 Å². The predicted octanol–water partition coefficient (Wildman–Crippen LogP) is 5.15. The SMILES string of the molecule is O[C@@H]1[C@@H](O[C@@H]2O[C@@H]3CO[C@@H](c4ccccc4)O[C@H]3[C@H](OCc3ccccc3)[C@H]2O)[C@@H]2O[C@H](c3ccccc3)OC[C@H]2O[C@H]1Sc1ccccc1. The Morgan fingerprint density at radius 2 is 1.10 bits per heavy atom. The van der Waals surface area contributed by atoms with Crippen molar-refractivity contribution in [3.05, 3.63) is 138 Å². The topological polar surface area (TPSA) is 114 Å². The van der Waals surface area contributed by atoms with E-state index in [0.29, 0.717) is 0 Å². The lowest BCUT2D eigenvalue weighted by Crippen LogP contribution is -2.67. The summed E-state index contributed by atoms with van der Waals surface area (Å²) in [5.74, 6) is 0. The Bertz CT molecular complexity index is 1640. The Morgan fingerprint density at radius 1 is 0.580 bits per heavy atom. The summed E-state index contributed by atoms with van der Waals surface area (Å²) in [4.78, 5) is 0.921. The standard InChI is InChI=1S/C39H40O10S/c40-30-34(42-21-24-13-5-1-6-14-24)32-28(22-43-36(47-32)25-15-7-2-8-16-25)45-38(30)49-35-31(41)39(50-27-19-11-4-12-20-27)46-29-23-44-37(48-33(29)35)26-17-9-3-10-18-26/h1-20,28-41H,21-23H2/t28-,29-,30-,31-,32-,33-,34-,35-,36-,37-,38+,39+/m1/s1. The summed E-state index contributed by atoms with van der Waals surface area (Å²) in [6.45, 7) is 0.627. The van der Waals surface area contributed by atoms with Crippen molar-refractivity contribution in [2.75, 3.05) is 13.2 Å². The number of hydrogen-bond acceptors (Lipinski definition) is 11. The van der Waals surface area contributed by atoms with Crippen LogP contribution in [0.2, 0.25) is 0 Å². The van der Waals surface area contributed by atoms with Crippen LogP contribution in [0.3, 0.4) is 0 Å². The minimum atomic E-state index is -1.28. The Morgan fingerprint density at radius 3 is 1.70 bits per heavy atom. The Hall–Kier alpha value is -3.17. The molecule has 11 heteroatoms. The fourth-order valence-corrected chi connectivity index (χ4v) is 7.87. The van der Waals surface area contributed by atoms with Gasteiger partial charge in [0.2, 0.25) is 0 Å². The number of hydrogen-bond donors (Lipinski definition) is 2. The molecule has 0 spiro atoms. The monoisotopic (exact) mass is 700 g/mol. The molecule has 0 bridgehead atoms. The summed E-state index contributed by atoms with van der Waals surface area (Å²) >= 11 is 1.38. The fraction of sp³-hybridized carbons (Fsp3) is 0.385. The van der Waals surface area contributed by atoms with Gasteiger partial charge >= 0.3 is 0 Å². The van der Waals surface area contributed by atoms with Gasteiger partial charge < -0.3 is 48.1 Å². The van der Waals surface area contributed by atoms with Gasteiger partial charge in [0, 0.05) is 16.0 Å². The van der Waals surface area contributed by atoms with Crippen molar-refractivity contribution in [2.45, 2.75) is 84.6 Å². The first-order valence-electron chi connectivity index (χ1n) is 16.9. The molecule has 0 aliphatic carbocycles. The molecule has 262 valence electrons. The number of ether oxygens (including phenoxy) is 8. The quantitative estimate of drug-likeness (QED) is 0.242. The molecule has 0 unspecified atom stereocenters. The third-order valence-corrected chi connectivity index (χ3v) is 10.5. The van der Waals surface area contributed by atoms with Crippen LogP contribution in [0.4, 0.5) is 0 Å². The third-order valence-electron chi connectivity index (χ3n) is 9.33. The maximum atomic E-state index is 12.0. The molecular formula is C39H40O10S. The lowest BCUT2D eigenvalue weighted by Gasteiger charge is -2.51. The van der Waals surface area contributed by atoms with Crippen LogP contribution in [-0.4, -0.2) is 84.0 Å². The maximum Gasteiger partial charge on any atom is 0.187 e. The number of aliphatic hydroxyl groups is 2. The van der Waals surface area contributed by atoms with Crippen molar-refractivity contribution in [3.8, 4) is 0 Å². The van der Waals surface area contributed by atoms with E-state index in [1.807, 2.05) is 121 Å². The molecule has 0 aromatic heterocycles. The molecule has 4 heterocycles. The fourth-order valence-electron chi connectivity index (χ4n) is 6.79. The second-order valence-electron chi connectivity index (χ2n) is 12.7. The van der Waals surface area contributed by atoms with E-state index in [-0.39, 0.29) is 19.8 Å². The highest BCUT2D eigenvalue weighted by Gasteiger charge is 2.55. The Labute approximate surface area is 295 Å². The van der Waals surface area contributed by atoms with E-state index in [0.717, 1.165) is 21.6 Å². The van der Waals surface area contributed by atoms with E-state index in [1.165, 1.54) is 11.8 Å². The van der Waals surface area contributed by atoms with Crippen molar-refractivity contribution in [3.63, 3.8) is 0 Å². The van der Waals surface area contributed by atoms with Gasteiger partial charge in [-0.1, -0.05) is 121 Å². The summed E-state index contributed by atoms with van der Waals surface area (Å²) in [7, 11) is 0. The molecule has 0 saturated carbocycles. The van der Waals surface area contributed by atoms with E-state index >= 15 is 0 Å². The van der Waals surface area contributed by atoms with E-state index < -0.39 is 73.1 Å². The molecule has 4 saturated heterocycles.